The van der Waals surface area contributed by atoms with Crippen LogP contribution in [0.25, 0.3) is 22.4 Å². The number of rotatable bonds is 7. The lowest BCUT2D eigenvalue weighted by molar-refractivity contribution is -0.108. The van der Waals surface area contributed by atoms with Gasteiger partial charge in [-0.25, -0.2) is 9.97 Å². The Morgan fingerprint density at radius 2 is 1.86 bits per heavy atom. The zero-order chi connectivity index (χ0) is 20.4. The second kappa shape index (κ2) is 8.21. The maximum absolute atomic E-state index is 11.1. The quantitative estimate of drug-likeness (QED) is 0.521. The lowest BCUT2D eigenvalue weighted by Gasteiger charge is -2.16. The van der Waals surface area contributed by atoms with Gasteiger partial charge in [0.15, 0.2) is 5.65 Å². The second-order valence-electron chi connectivity index (χ2n) is 7.75. The Balaban J connectivity index is 2.18. The van der Waals surface area contributed by atoms with Gasteiger partial charge in [0.05, 0.1) is 11.4 Å². The van der Waals surface area contributed by atoms with Gasteiger partial charge in [-0.05, 0) is 50.3 Å². The normalized spacial score (nSPS) is 12.7. The summed E-state index contributed by atoms with van der Waals surface area (Å²) in [5.41, 5.74) is 7.86. The van der Waals surface area contributed by atoms with Crippen molar-refractivity contribution in [3.05, 3.63) is 41.0 Å². The fourth-order valence-corrected chi connectivity index (χ4v) is 3.73. The standard InChI is InChI=1S/C23H30N4O/c1-7-17(11-12-28)27-13-15(5)21-23(27)24-16(6)22(26-21)18-9-10-20(14(3)4)25-19(18)8-2/h9-10,12-14,17H,7-8,11H2,1-6H3/t17-/m0/s1. The first-order valence-electron chi connectivity index (χ1n) is 10.2. The van der Waals surface area contributed by atoms with Crippen LogP contribution >= 0.6 is 0 Å². The first-order chi connectivity index (χ1) is 13.4. The SMILES string of the molecule is CCc1nc(C(C)C)ccc1-c1nc2c(C)cn([C@@H](CC)CC=O)c2nc1C. The third-order valence-corrected chi connectivity index (χ3v) is 5.41. The topological polar surface area (TPSA) is 60.7 Å². The van der Waals surface area contributed by atoms with E-state index >= 15 is 0 Å². The van der Waals surface area contributed by atoms with Crippen molar-refractivity contribution in [1.29, 1.82) is 0 Å². The summed E-state index contributed by atoms with van der Waals surface area (Å²) in [7, 11) is 0. The molecule has 3 aromatic heterocycles. The van der Waals surface area contributed by atoms with Gasteiger partial charge in [-0.1, -0.05) is 27.7 Å². The fourth-order valence-electron chi connectivity index (χ4n) is 3.73. The van der Waals surface area contributed by atoms with E-state index in [4.69, 9.17) is 15.0 Å². The van der Waals surface area contributed by atoms with Crippen molar-refractivity contribution in [1.82, 2.24) is 19.5 Å². The van der Waals surface area contributed by atoms with Crippen LogP contribution in [0, 0.1) is 13.8 Å². The van der Waals surface area contributed by atoms with E-state index in [9.17, 15) is 4.79 Å². The number of hydrogen-bond donors (Lipinski definition) is 0. The van der Waals surface area contributed by atoms with Gasteiger partial charge in [-0.15, -0.1) is 0 Å². The van der Waals surface area contributed by atoms with Crippen LogP contribution in [-0.2, 0) is 11.2 Å². The molecule has 0 aromatic carbocycles. The summed E-state index contributed by atoms with van der Waals surface area (Å²) in [6, 6.07) is 4.35. The molecular weight excluding hydrogens is 348 g/mol. The van der Waals surface area contributed by atoms with Crippen LogP contribution in [-0.4, -0.2) is 25.8 Å². The minimum Gasteiger partial charge on any atom is -0.327 e. The molecule has 0 saturated carbocycles. The second-order valence-corrected chi connectivity index (χ2v) is 7.75. The van der Waals surface area contributed by atoms with Gasteiger partial charge in [-0.2, -0.15) is 0 Å². The Hall–Kier alpha value is -2.56. The van der Waals surface area contributed by atoms with Gasteiger partial charge in [0, 0.05) is 35.6 Å². The molecule has 5 nitrogen and oxygen atoms in total. The molecule has 3 aromatic rings. The highest BCUT2D eigenvalue weighted by Crippen LogP contribution is 2.31. The van der Waals surface area contributed by atoms with Gasteiger partial charge >= 0.3 is 0 Å². The predicted molar refractivity (Wildman–Crippen MR) is 114 cm³/mol. The zero-order valence-electron chi connectivity index (χ0n) is 17.8. The Labute approximate surface area is 167 Å². The Morgan fingerprint density at radius 3 is 2.46 bits per heavy atom. The summed E-state index contributed by atoms with van der Waals surface area (Å²) in [5, 5.41) is 0. The van der Waals surface area contributed by atoms with Crippen LogP contribution < -0.4 is 0 Å². The van der Waals surface area contributed by atoms with Crippen molar-refractivity contribution >= 4 is 17.5 Å². The molecule has 0 bridgehead atoms. The smallest absolute Gasteiger partial charge is 0.159 e. The molecule has 0 unspecified atom stereocenters. The number of aldehydes is 1. The van der Waals surface area contributed by atoms with Gasteiger partial charge in [0.25, 0.3) is 0 Å². The summed E-state index contributed by atoms with van der Waals surface area (Å²) in [6.07, 6.45) is 5.28. The van der Waals surface area contributed by atoms with Crippen molar-refractivity contribution in [3.63, 3.8) is 0 Å². The van der Waals surface area contributed by atoms with E-state index in [0.717, 1.165) is 64.2 Å². The molecule has 0 fully saturated rings. The van der Waals surface area contributed by atoms with Gasteiger partial charge < -0.3 is 9.36 Å². The molecule has 148 valence electrons. The number of aryl methyl sites for hydroxylation is 3. The van der Waals surface area contributed by atoms with E-state index < -0.39 is 0 Å². The number of fused-ring (bicyclic) bond motifs is 1. The number of pyridine rings is 1. The average molecular weight is 379 g/mol. The summed E-state index contributed by atoms with van der Waals surface area (Å²) in [5.74, 6) is 0.397. The molecule has 0 aliphatic carbocycles. The predicted octanol–water partition coefficient (Wildman–Crippen LogP) is 5.34. The third-order valence-electron chi connectivity index (χ3n) is 5.41. The van der Waals surface area contributed by atoms with E-state index in [1.807, 2.05) is 6.92 Å². The average Bonchev–Trinajstić information content (AvgIpc) is 3.00. The summed E-state index contributed by atoms with van der Waals surface area (Å²) < 4.78 is 2.11. The number of hydrogen-bond acceptors (Lipinski definition) is 4. The van der Waals surface area contributed by atoms with Crippen molar-refractivity contribution < 1.29 is 4.79 Å². The van der Waals surface area contributed by atoms with Crippen LogP contribution in [0.5, 0.6) is 0 Å². The minimum atomic E-state index is 0.117. The van der Waals surface area contributed by atoms with E-state index in [2.05, 4.69) is 57.5 Å². The summed E-state index contributed by atoms with van der Waals surface area (Å²) in [4.78, 5) is 25.9. The zero-order valence-corrected chi connectivity index (χ0v) is 17.8. The van der Waals surface area contributed by atoms with Crippen molar-refractivity contribution in [2.45, 2.75) is 72.8 Å². The molecule has 0 aliphatic rings. The van der Waals surface area contributed by atoms with E-state index in [1.54, 1.807) is 0 Å². The van der Waals surface area contributed by atoms with Crippen LogP contribution in [0.3, 0.4) is 0 Å². The maximum Gasteiger partial charge on any atom is 0.159 e. The Morgan fingerprint density at radius 1 is 1.11 bits per heavy atom. The lowest BCUT2D eigenvalue weighted by Crippen LogP contribution is -2.09. The molecular formula is C23H30N4O. The summed E-state index contributed by atoms with van der Waals surface area (Å²) in [6.45, 7) is 12.6. The van der Waals surface area contributed by atoms with Crippen LogP contribution in [0.4, 0.5) is 0 Å². The van der Waals surface area contributed by atoms with Gasteiger partial charge in [0.2, 0.25) is 0 Å². The first kappa shape index (κ1) is 20.2. The number of aromatic nitrogens is 4. The number of carbonyl (C=O) groups excluding carboxylic acids is 1. The highest BCUT2D eigenvalue weighted by Gasteiger charge is 2.19. The number of nitrogens with zero attached hydrogens (tertiary/aromatic N) is 4. The van der Waals surface area contributed by atoms with Gasteiger partial charge in [0.1, 0.15) is 11.8 Å². The molecule has 3 heterocycles. The van der Waals surface area contributed by atoms with Crippen molar-refractivity contribution in [2.75, 3.05) is 0 Å². The fraction of sp³-hybridized carbons (Fsp3) is 0.478. The van der Waals surface area contributed by atoms with Crippen LogP contribution in [0.2, 0.25) is 0 Å². The Bertz CT molecular complexity index is 1000. The van der Waals surface area contributed by atoms with E-state index in [1.165, 1.54) is 0 Å². The Kier molecular flexibility index (Phi) is 5.92. The van der Waals surface area contributed by atoms with Crippen LogP contribution in [0.1, 0.15) is 75.1 Å². The van der Waals surface area contributed by atoms with Crippen molar-refractivity contribution in [3.8, 4) is 11.3 Å². The molecule has 1 atom stereocenters. The molecule has 0 aliphatic heterocycles. The lowest BCUT2D eigenvalue weighted by atomic mass is 10.0. The highest BCUT2D eigenvalue weighted by atomic mass is 16.1. The molecule has 28 heavy (non-hydrogen) atoms. The largest absolute Gasteiger partial charge is 0.327 e. The van der Waals surface area contributed by atoms with Gasteiger partial charge in [-0.3, -0.25) is 4.98 Å². The molecule has 0 radical (unpaired) electrons. The first-order valence-corrected chi connectivity index (χ1v) is 10.2. The molecule has 0 amide bonds. The third kappa shape index (κ3) is 3.58. The van der Waals surface area contributed by atoms with E-state index in [0.29, 0.717) is 12.3 Å². The molecule has 0 spiro atoms. The molecule has 5 heteroatoms. The monoisotopic (exact) mass is 378 g/mol. The maximum atomic E-state index is 11.1. The number of carbonyl (C=O) groups is 1. The molecule has 0 saturated heterocycles. The minimum absolute atomic E-state index is 0.117. The summed E-state index contributed by atoms with van der Waals surface area (Å²) >= 11 is 0. The van der Waals surface area contributed by atoms with Crippen molar-refractivity contribution in [2.24, 2.45) is 0 Å². The van der Waals surface area contributed by atoms with E-state index in [-0.39, 0.29) is 6.04 Å². The van der Waals surface area contributed by atoms with Crippen LogP contribution in [0.15, 0.2) is 18.3 Å². The highest BCUT2D eigenvalue weighted by molar-refractivity contribution is 5.80. The molecule has 0 N–H and O–H groups in total. The molecule has 3 rings (SSSR count).